The molecule has 0 aliphatic rings. The van der Waals surface area contributed by atoms with Crippen LogP contribution in [0.5, 0.6) is 0 Å². The minimum atomic E-state index is -4.47. The average Bonchev–Trinajstić information content (AvgIpc) is 2.41. The highest BCUT2D eigenvalue weighted by molar-refractivity contribution is 5.78. The van der Waals surface area contributed by atoms with Crippen molar-refractivity contribution >= 4 is 5.78 Å². The second kappa shape index (κ2) is 6.25. The van der Waals surface area contributed by atoms with E-state index in [1.54, 1.807) is 6.07 Å². The van der Waals surface area contributed by atoms with E-state index in [2.05, 4.69) is 4.98 Å². The van der Waals surface area contributed by atoms with Gasteiger partial charge in [0, 0.05) is 12.6 Å². The number of ketones is 1. The van der Waals surface area contributed by atoms with E-state index in [1.807, 2.05) is 0 Å². The van der Waals surface area contributed by atoms with Crippen LogP contribution in [0.2, 0.25) is 0 Å². The lowest BCUT2D eigenvalue weighted by Gasteiger charge is -2.08. The third-order valence-corrected chi connectivity index (χ3v) is 3.08. The molecule has 0 saturated heterocycles. The Balaban J connectivity index is 2.14. The van der Waals surface area contributed by atoms with Crippen molar-refractivity contribution < 1.29 is 22.4 Å². The SMILES string of the molecule is CC(=O)Cc1ccc(Cc2ccc(C(F)(F)F)nc2)cc1F. The van der Waals surface area contributed by atoms with Crippen LogP contribution >= 0.6 is 0 Å². The number of rotatable bonds is 4. The van der Waals surface area contributed by atoms with Gasteiger partial charge in [0.25, 0.3) is 0 Å². The van der Waals surface area contributed by atoms with Gasteiger partial charge >= 0.3 is 6.18 Å². The number of Topliss-reactive ketones (excluding diaryl/α,β-unsaturated/α-hetero) is 1. The molecule has 0 fully saturated rings. The van der Waals surface area contributed by atoms with Gasteiger partial charge in [-0.2, -0.15) is 13.2 Å². The molecule has 0 spiro atoms. The zero-order chi connectivity index (χ0) is 16.3. The van der Waals surface area contributed by atoms with Crippen molar-refractivity contribution in [3.05, 3.63) is 64.7 Å². The molecule has 0 atom stereocenters. The largest absolute Gasteiger partial charge is 0.433 e. The van der Waals surface area contributed by atoms with Gasteiger partial charge in [-0.3, -0.25) is 9.78 Å². The highest BCUT2D eigenvalue weighted by Gasteiger charge is 2.31. The Hall–Kier alpha value is -2.24. The highest BCUT2D eigenvalue weighted by Crippen LogP contribution is 2.27. The van der Waals surface area contributed by atoms with Crippen LogP contribution in [-0.4, -0.2) is 10.8 Å². The van der Waals surface area contributed by atoms with Gasteiger partial charge in [-0.15, -0.1) is 0 Å². The van der Waals surface area contributed by atoms with Crippen LogP contribution in [-0.2, 0) is 23.8 Å². The Kier molecular flexibility index (Phi) is 4.59. The fourth-order valence-electron chi connectivity index (χ4n) is 2.04. The lowest BCUT2D eigenvalue weighted by molar-refractivity contribution is -0.141. The zero-order valence-electron chi connectivity index (χ0n) is 11.7. The average molecular weight is 311 g/mol. The number of carbonyl (C=O) groups excluding carboxylic acids is 1. The quantitative estimate of drug-likeness (QED) is 0.800. The molecule has 0 aliphatic heterocycles. The first-order chi connectivity index (χ1) is 10.3. The molecule has 22 heavy (non-hydrogen) atoms. The van der Waals surface area contributed by atoms with Gasteiger partial charge in [-0.05, 0) is 42.2 Å². The third-order valence-electron chi connectivity index (χ3n) is 3.08. The van der Waals surface area contributed by atoms with Crippen molar-refractivity contribution in [1.29, 1.82) is 0 Å². The normalized spacial score (nSPS) is 11.5. The molecule has 2 rings (SSSR count). The van der Waals surface area contributed by atoms with E-state index < -0.39 is 17.7 Å². The van der Waals surface area contributed by atoms with E-state index in [-0.39, 0.29) is 18.6 Å². The zero-order valence-corrected chi connectivity index (χ0v) is 11.7. The monoisotopic (exact) mass is 311 g/mol. The number of nitrogens with zero attached hydrogens (tertiary/aromatic N) is 1. The van der Waals surface area contributed by atoms with Gasteiger partial charge in [0.05, 0.1) is 0 Å². The number of hydrogen-bond acceptors (Lipinski definition) is 2. The fraction of sp³-hybridized carbons (Fsp3) is 0.250. The molecule has 116 valence electrons. The van der Waals surface area contributed by atoms with Gasteiger partial charge in [0.2, 0.25) is 0 Å². The summed E-state index contributed by atoms with van der Waals surface area (Å²) in [5, 5.41) is 0. The summed E-state index contributed by atoms with van der Waals surface area (Å²) in [5.41, 5.74) is 0.499. The van der Waals surface area contributed by atoms with Gasteiger partial charge in [-0.1, -0.05) is 18.2 Å². The molecule has 0 saturated carbocycles. The molecule has 1 aromatic heterocycles. The number of alkyl halides is 3. The fourth-order valence-corrected chi connectivity index (χ4v) is 2.04. The van der Waals surface area contributed by atoms with Crippen molar-refractivity contribution in [2.24, 2.45) is 0 Å². The molecule has 1 heterocycles. The Bertz CT molecular complexity index is 678. The third kappa shape index (κ3) is 4.13. The molecule has 6 heteroatoms. The van der Waals surface area contributed by atoms with Crippen molar-refractivity contribution in [3.63, 3.8) is 0 Å². The summed E-state index contributed by atoms with van der Waals surface area (Å²) in [5.74, 6) is -0.633. The Labute approximate surface area is 124 Å². The Morgan fingerprint density at radius 2 is 1.82 bits per heavy atom. The van der Waals surface area contributed by atoms with Crippen LogP contribution in [0.25, 0.3) is 0 Å². The standard InChI is InChI=1S/C16H13F4NO/c1-10(22)6-13-4-2-11(8-14(13)17)7-12-3-5-15(21-9-12)16(18,19)20/h2-5,8-9H,6-7H2,1H3. The number of pyridine rings is 1. The van der Waals surface area contributed by atoms with Gasteiger partial charge in [-0.25, -0.2) is 4.39 Å². The molecular formula is C16H13F4NO. The van der Waals surface area contributed by atoms with E-state index >= 15 is 0 Å². The van der Waals surface area contributed by atoms with E-state index in [0.717, 1.165) is 12.3 Å². The minimum absolute atomic E-state index is 0.0218. The molecule has 0 aliphatic carbocycles. The van der Waals surface area contributed by atoms with Gasteiger partial charge < -0.3 is 0 Å². The Morgan fingerprint density at radius 3 is 2.32 bits per heavy atom. The van der Waals surface area contributed by atoms with Crippen LogP contribution < -0.4 is 0 Å². The maximum atomic E-state index is 13.8. The van der Waals surface area contributed by atoms with Crippen LogP contribution in [0, 0.1) is 5.82 Å². The van der Waals surface area contributed by atoms with Crippen LogP contribution in [0.3, 0.4) is 0 Å². The summed E-state index contributed by atoms with van der Waals surface area (Å²) < 4.78 is 51.0. The lowest BCUT2D eigenvalue weighted by atomic mass is 10.0. The smallest absolute Gasteiger partial charge is 0.300 e. The number of benzene rings is 1. The number of halogens is 4. The van der Waals surface area contributed by atoms with Crippen molar-refractivity contribution in [1.82, 2.24) is 4.98 Å². The second-order valence-corrected chi connectivity index (χ2v) is 5.03. The summed E-state index contributed by atoms with van der Waals surface area (Å²) in [6.45, 7) is 1.38. The Morgan fingerprint density at radius 1 is 1.14 bits per heavy atom. The highest BCUT2D eigenvalue weighted by atomic mass is 19.4. The van der Waals surface area contributed by atoms with Gasteiger partial charge in [0.1, 0.15) is 17.3 Å². The number of hydrogen-bond donors (Lipinski definition) is 0. The molecule has 0 radical (unpaired) electrons. The van der Waals surface area contributed by atoms with E-state index in [1.165, 1.54) is 25.1 Å². The van der Waals surface area contributed by atoms with Crippen LogP contribution in [0.1, 0.15) is 29.3 Å². The summed E-state index contributed by atoms with van der Waals surface area (Å²) >= 11 is 0. The molecule has 1 aromatic carbocycles. The van der Waals surface area contributed by atoms with Crippen LogP contribution in [0.4, 0.5) is 17.6 Å². The summed E-state index contributed by atoms with van der Waals surface area (Å²) in [6, 6.07) is 6.67. The van der Waals surface area contributed by atoms with Crippen molar-refractivity contribution in [3.8, 4) is 0 Å². The maximum absolute atomic E-state index is 13.8. The summed E-state index contributed by atoms with van der Waals surface area (Å²) in [6.07, 6.45) is -3.06. The molecule has 0 amide bonds. The lowest BCUT2D eigenvalue weighted by Crippen LogP contribution is -2.07. The van der Waals surface area contributed by atoms with Gasteiger partial charge in [0.15, 0.2) is 0 Å². The van der Waals surface area contributed by atoms with Crippen LogP contribution in [0.15, 0.2) is 36.5 Å². The van der Waals surface area contributed by atoms with E-state index in [0.29, 0.717) is 16.7 Å². The molecule has 0 bridgehead atoms. The topological polar surface area (TPSA) is 30.0 Å². The predicted molar refractivity (Wildman–Crippen MR) is 72.8 cm³/mol. The summed E-state index contributed by atoms with van der Waals surface area (Å²) in [7, 11) is 0. The molecule has 2 nitrogen and oxygen atoms in total. The molecular weight excluding hydrogens is 298 g/mol. The first-order valence-corrected chi connectivity index (χ1v) is 6.54. The maximum Gasteiger partial charge on any atom is 0.433 e. The minimum Gasteiger partial charge on any atom is -0.300 e. The molecule has 2 aromatic rings. The predicted octanol–water partition coefficient (Wildman–Crippen LogP) is 3.96. The first-order valence-electron chi connectivity index (χ1n) is 6.54. The molecule has 0 unspecified atom stereocenters. The van der Waals surface area contributed by atoms with E-state index in [9.17, 15) is 22.4 Å². The van der Waals surface area contributed by atoms with E-state index in [4.69, 9.17) is 0 Å². The summed E-state index contributed by atoms with van der Waals surface area (Å²) in [4.78, 5) is 14.3. The number of carbonyl (C=O) groups is 1. The van der Waals surface area contributed by atoms with Crippen molar-refractivity contribution in [2.75, 3.05) is 0 Å². The van der Waals surface area contributed by atoms with Crippen molar-refractivity contribution in [2.45, 2.75) is 25.9 Å². The first kappa shape index (κ1) is 16.1. The molecule has 0 N–H and O–H groups in total. The second-order valence-electron chi connectivity index (χ2n) is 5.03. The number of aromatic nitrogens is 1.